The standard InChI is InChI=1S/C25H25ClN2O5S/c1-15(24(29)28-20-13-17(26)9-11-21(20)31-2)34-19-7-5-6-18(14-19)27-25(30)16-8-10-22(32-3)23(12-16)33-4/h5-15H,1-4H3,(H,27,30)(H,28,29). The molecule has 3 aromatic rings. The zero-order chi connectivity index (χ0) is 24.7. The maximum Gasteiger partial charge on any atom is 0.255 e. The van der Waals surface area contributed by atoms with Crippen molar-refractivity contribution in [3.63, 3.8) is 0 Å². The zero-order valence-corrected chi connectivity index (χ0v) is 20.8. The van der Waals surface area contributed by atoms with E-state index in [1.54, 1.807) is 49.4 Å². The van der Waals surface area contributed by atoms with E-state index >= 15 is 0 Å². The van der Waals surface area contributed by atoms with Crippen LogP contribution in [0.25, 0.3) is 0 Å². The summed E-state index contributed by atoms with van der Waals surface area (Å²) in [6.07, 6.45) is 0. The summed E-state index contributed by atoms with van der Waals surface area (Å²) in [5.74, 6) is 1.04. The van der Waals surface area contributed by atoms with Crippen LogP contribution in [-0.4, -0.2) is 38.4 Å². The Morgan fingerprint density at radius 1 is 0.853 bits per heavy atom. The lowest BCUT2D eigenvalue weighted by Gasteiger charge is -2.15. The molecule has 2 amide bonds. The Hall–Kier alpha value is -3.36. The van der Waals surface area contributed by atoms with Crippen LogP contribution >= 0.6 is 23.4 Å². The Labute approximate surface area is 207 Å². The number of methoxy groups -OCH3 is 3. The number of amides is 2. The highest BCUT2D eigenvalue weighted by Crippen LogP contribution is 2.31. The lowest BCUT2D eigenvalue weighted by molar-refractivity contribution is -0.115. The second-order valence-electron chi connectivity index (χ2n) is 7.15. The lowest BCUT2D eigenvalue weighted by atomic mass is 10.2. The Bertz CT molecular complexity index is 1190. The summed E-state index contributed by atoms with van der Waals surface area (Å²) < 4.78 is 15.8. The zero-order valence-electron chi connectivity index (χ0n) is 19.2. The van der Waals surface area contributed by atoms with Crippen LogP contribution < -0.4 is 24.8 Å². The third kappa shape index (κ3) is 6.36. The Morgan fingerprint density at radius 2 is 1.56 bits per heavy atom. The molecule has 0 radical (unpaired) electrons. The second kappa shape index (κ2) is 11.7. The Kier molecular flexibility index (Phi) is 8.67. The van der Waals surface area contributed by atoms with E-state index < -0.39 is 5.25 Å². The first-order valence-electron chi connectivity index (χ1n) is 10.3. The minimum absolute atomic E-state index is 0.203. The van der Waals surface area contributed by atoms with Gasteiger partial charge in [0.1, 0.15) is 5.75 Å². The van der Waals surface area contributed by atoms with Gasteiger partial charge < -0.3 is 24.8 Å². The number of rotatable bonds is 9. The first-order chi connectivity index (χ1) is 16.3. The molecule has 3 aromatic carbocycles. The van der Waals surface area contributed by atoms with Gasteiger partial charge in [-0.25, -0.2) is 0 Å². The van der Waals surface area contributed by atoms with Gasteiger partial charge in [-0.15, -0.1) is 11.8 Å². The van der Waals surface area contributed by atoms with E-state index in [0.717, 1.165) is 4.90 Å². The van der Waals surface area contributed by atoms with Gasteiger partial charge in [0.05, 0.1) is 32.3 Å². The fraction of sp³-hybridized carbons (Fsp3) is 0.200. The summed E-state index contributed by atoms with van der Waals surface area (Å²) in [7, 11) is 4.58. The van der Waals surface area contributed by atoms with E-state index in [1.165, 1.54) is 33.1 Å². The summed E-state index contributed by atoms with van der Waals surface area (Å²) in [5, 5.41) is 5.80. The summed E-state index contributed by atoms with van der Waals surface area (Å²) >= 11 is 7.41. The molecule has 0 aliphatic carbocycles. The highest BCUT2D eigenvalue weighted by atomic mass is 35.5. The molecule has 178 valence electrons. The van der Waals surface area contributed by atoms with Crippen LogP contribution in [0, 0.1) is 0 Å². The topological polar surface area (TPSA) is 85.9 Å². The smallest absolute Gasteiger partial charge is 0.255 e. The highest BCUT2D eigenvalue weighted by Gasteiger charge is 2.17. The molecule has 0 aliphatic rings. The predicted octanol–water partition coefficient (Wildman–Crippen LogP) is 5.74. The number of hydrogen-bond donors (Lipinski definition) is 2. The first kappa shape index (κ1) is 25.3. The fourth-order valence-electron chi connectivity index (χ4n) is 3.10. The lowest BCUT2D eigenvalue weighted by Crippen LogP contribution is -2.22. The molecule has 0 aromatic heterocycles. The number of nitrogens with one attached hydrogen (secondary N) is 2. The van der Waals surface area contributed by atoms with Gasteiger partial charge in [-0.3, -0.25) is 9.59 Å². The van der Waals surface area contributed by atoms with Gasteiger partial charge in [0.15, 0.2) is 11.5 Å². The van der Waals surface area contributed by atoms with E-state index in [1.807, 2.05) is 18.2 Å². The molecule has 0 saturated carbocycles. The number of hydrogen-bond acceptors (Lipinski definition) is 6. The van der Waals surface area contributed by atoms with Gasteiger partial charge in [-0.05, 0) is 61.5 Å². The molecule has 3 rings (SSSR count). The van der Waals surface area contributed by atoms with E-state index in [4.69, 9.17) is 25.8 Å². The number of halogens is 1. The molecule has 1 unspecified atom stereocenters. The van der Waals surface area contributed by atoms with Crippen LogP contribution in [0.2, 0.25) is 5.02 Å². The van der Waals surface area contributed by atoms with E-state index in [0.29, 0.717) is 39.2 Å². The van der Waals surface area contributed by atoms with E-state index in [2.05, 4.69) is 10.6 Å². The molecular formula is C25H25ClN2O5S. The molecule has 0 saturated heterocycles. The second-order valence-corrected chi connectivity index (χ2v) is 9.00. The molecule has 34 heavy (non-hydrogen) atoms. The SMILES string of the molecule is COc1ccc(Cl)cc1NC(=O)C(C)Sc1cccc(NC(=O)c2ccc(OC)c(OC)c2)c1. The van der Waals surface area contributed by atoms with Gasteiger partial charge in [0, 0.05) is 21.2 Å². The minimum Gasteiger partial charge on any atom is -0.495 e. The molecule has 1 atom stereocenters. The number of anilines is 2. The minimum atomic E-state index is -0.416. The van der Waals surface area contributed by atoms with Crippen molar-refractivity contribution in [1.29, 1.82) is 0 Å². The van der Waals surface area contributed by atoms with E-state index in [9.17, 15) is 9.59 Å². The van der Waals surface area contributed by atoms with Crippen LogP contribution in [-0.2, 0) is 4.79 Å². The molecule has 0 fully saturated rings. The predicted molar refractivity (Wildman–Crippen MR) is 136 cm³/mol. The van der Waals surface area contributed by atoms with Crippen LogP contribution in [0.4, 0.5) is 11.4 Å². The first-order valence-corrected chi connectivity index (χ1v) is 11.5. The van der Waals surface area contributed by atoms with Gasteiger partial charge in [-0.2, -0.15) is 0 Å². The fourth-order valence-corrected chi connectivity index (χ4v) is 4.20. The van der Waals surface area contributed by atoms with Gasteiger partial charge in [-0.1, -0.05) is 17.7 Å². The number of carbonyl (C=O) groups is 2. The normalized spacial score (nSPS) is 11.3. The molecule has 0 bridgehead atoms. The third-order valence-electron chi connectivity index (χ3n) is 4.84. The van der Waals surface area contributed by atoms with Gasteiger partial charge >= 0.3 is 0 Å². The van der Waals surface area contributed by atoms with Crippen LogP contribution in [0.15, 0.2) is 65.6 Å². The number of benzene rings is 3. The third-order valence-corrected chi connectivity index (χ3v) is 6.17. The molecule has 0 aliphatic heterocycles. The molecule has 0 spiro atoms. The highest BCUT2D eigenvalue weighted by molar-refractivity contribution is 8.00. The Morgan fingerprint density at radius 3 is 2.26 bits per heavy atom. The molecule has 2 N–H and O–H groups in total. The summed E-state index contributed by atoms with van der Waals surface area (Å²) in [4.78, 5) is 26.3. The summed E-state index contributed by atoms with van der Waals surface area (Å²) in [6.45, 7) is 1.80. The molecule has 7 nitrogen and oxygen atoms in total. The van der Waals surface area contributed by atoms with E-state index in [-0.39, 0.29) is 11.8 Å². The van der Waals surface area contributed by atoms with Crippen molar-refractivity contribution in [2.75, 3.05) is 32.0 Å². The van der Waals surface area contributed by atoms with Crippen LogP contribution in [0.1, 0.15) is 17.3 Å². The summed E-state index contributed by atoms with van der Waals surface area (Å²) in [6, 6.07) is 17.3. The van der Waals surface area contributed by atoms with Crippen molar-refractivity contribution in [3.05, 3.63) is 71.2 Å². The maximum atomic E-state index is 12.7. The number of carbonyl (C=O) groups excluding carboxylic acids is 2. The molecule has 0 heterocycles. The Balaban J connectivity index is 1.66. The van der Waals surface area contributed by atoms with Crippen LogP contribution in [0.3, 0.4) is 0 Å². The maximum absolute atomic E-state index is 12.7. The average Bonchev–Trinajstić information content (AvgIpc) is 2.83. The number of thioether (sulfide) groups is 1. The molecular weight excluding hydrogens is 476 g/mol. The molecule has 9 heteroatoms. The van der Waals surface area contributed by atoms with Gasteiger partial charge in [0.25, 0.3) is 5.91 Å². The summed E-state index contributed by atoms with van der Waals surface area (Å²) in [5.41, 5.74) is 1.54. The average molecular weight is 501 g/mol. The van der Waals surface area contributed by atoms with Crippen molar-refractivity contribution in [1.82, 2.24) is 0 Å². The quantitative estimate of drug-likeness (QED) is 0.364. The van der Waals surface area contributed by atoms with Crippen molar-refractivity contribution < 1.29 is 23.8 Å². The van der Waals surface area contributed by atoms with Crippen molar-refractivity contribution in [2.45, 2.75) is 17.1 Å². The monoisotopic (exact) mass is 500 g/mol. The van der Waals surface area contributed by atoms with Crippen LogP contribution in [0.5, 0.6) is 17.2 Å². The van der Waals surface area contributed by atoms with Gasteiger partial charge in [0.2, 0.25) is 5.91 Å². The number of ether oxygens (including phenoxy) is 3. The van der Waals surface area contributed by atoms with Crippen molar-refractivity contribution in [2.24, 2.45) is 0 Å². The largest absolute Gasteiger partial charge is 0.495 e. The van der Waals surface area contributed by atoms with Crippen molar-refractivity contribution in [3.8, 4) is 17.2 Å². The van der Waals surface area contributed by atoms with Crippen molar-refractivity contribution >= 4 is 46.6 Å².